The summed E-state index contributed by atoms with van der Waals surface area (Å²) in [6.07, 6.45) is 0. The van der Waals surface area contributed by atoms with E-state index in [-0.39, 0.29) is 0 Å². The normalized spacial score (nSPS) is 11.1. The van der Waals surface area contributed by atoms with Gasteiger partial charge in [-0.1, -0.05) is 28.1 Å². The van der Waals surface area contributed by atoms with Gasteiger partial charge in [0.15, 0.2) is 0 Å². The van der Waals surface area contributed by atoms with E-state index < -0.39 is 0 Å². The van der Waals surface area contributed by atoms with Crippen molar-refractivity contribution in [2.45, 2.75) is 6.92 Å². The summed E-state index contributed by atoms with van der Waals surface area (Å²) in [7, 11) is 2.03. The third-order valence-corrected chi connectivity index (χ3v) is 3.95. The third-order valence-electron chi connectivity index (χ3n) is 3.46. The first-order valence-electron chi connectivity index (χ1n) is 6.05. The molecule has 0 aliphatic heterocycles. The van der Waals surface area contributed by atoms with Crippen LogP contribution in [0.15, 0.2) is 40.9 Å². The molecule has 0 saturated carbocycles. The van der Waals surface area contributed by atoms with Crippen molar-refractivity contribution in [3.05, 3.63) is 46.4 Å². The molecule has 0 atom stereocenters. The highest BCUT2D eigenvalue weighted by atomic mass is 79.9. The van der Waals surface area contributed by atoms with E-state index in [1.807, 2.05) is 38.2 Å². The molecule has 2 N–H and O–H groups in total. The summed E-state index contributed by atoms with van der Waals surface area (Å²) in [5.41, 5.74) is 11.0. The van der Waals surface area contributed by atoms with Crippen molar-refractivity contribution in [3.63, 3.8) is 0 Å². The van der Waals surface area contributed by atoms with Gasteiger partial charge in [-0.15, -0.1) is 0 Å². The predicted molar refractivity (Wildman–Crippen MR) is 83.0 cm³/mol. The second kappa shape index (κ2) is 4.38. The van der Waals surface area contributed by atoms with Crippen LogP contribution in [-0.4, -0.2) is 9.55 Å². The Labute approximate surface area is 120 Å². The Balaban J connectivity index is 2.31. The molecule has 3 rings (SSSR count). The maximum Gasteiger partial charge on any atom is 0.141 e. The van der Waals surface area contributed by atoms with Crippen LogP contribution >= 0.6 is 15.9 Å². The van der Waals surface area contributed by atoms with E-state index in [1.165, 1.54) is 0 Å². The van der Waals surface area contributed by atoms with Crippen molar-refractivity contribution < 1.29 is 0 Å². The summed E-state index contributed by atoms with van der Waals surface area (Å²) in [5, 5.41) is 0. The Hall–Kier alpha value is -1.81. The van der Waals surface area contributed by atoms with Gasteiger partial charge in [0.2, 0.25) is 0 Å². The number of benzene rings is 2. The van der Waals surface area contributed by atoms with Crippen LogP contribution in [0.2, 0.25) is 0 Å². The molecule has 0 radical (unpaired) electrons. The van der Waals surface area contributed by atoms with Gasteiger partial charge in [-0.2, -0.15) is 0 Å². The van der Waals surface area contributed by atoms with Gasteiger partial charge in [0, 0.05) is 22.8 Å². The zero-order valence-electron chi connectivity index (χ0n) is 10.8. The minimum atomic E-state index is 0.797. The zero-order chi connectivity index (χ0) is 13.6. The average molecular weight is 316 g/mol. The molecule has 19 heavy (non-hydrogen) atoms. The first-order valence-corrected chi connectivity index (χ1v) is 6.84. The summed E-state index contributed by atoms with van der Waals surface area (Å²) in [6.45, 7) is 2.03. The Morgan fingerprint density at radius 3 is 2.79 bits per heavy atom. The largest absolute Gasteiger partial charge is 0.398 e. The molecular weight excluding hydrogens is 302 g/mol. The van der Waals surface area contributed by atoms with Crippen LogP contribution in [0, 0.1) is 6.92 Å². The number of hydrogen-bond donors (Lipinski definition) is 1. The maximum atomic E-state index is 5.98. The van der Waals surface area contributed by atoms with Crippen LogP contribution in [0.4, 0.5) is 5.69 Å². The van der Waals surface area contributed by atoms with Crippen LogP contribution in [0.3, 0.4) is 0 Å². The van der Waals surface area contributed by atoms with E-state index in [0.717, 1.165) is 38.1 Å². The van der Waals surface area contributed by atoms with E-state index in [9.17, 15) is 0 Å². The van der Waals surface area contributed by atoms with E-state index in [1.54, 1.807) is 0 Å². The van der Waals surface area contributed by atoms with E-state index in [0.29, 0.717) is 0 Å². The number of aromatic nitrogens is 2. The molecule has 4 heteroatoms. The second-order valence-electron chi connectivity index (χ2n) is 4.65. The lowest BCUT2D eigenvalue weighted by molar-refractivity contribution is 0.957. The first-order chi connectivity index (χ1) is 9.08. The lowest BCUT2D eigenvalue weighted by Gasteiger charge is -2.08. The number of imidazole rings is 1. The van der Waals surface area contributed by atoms with Crippen molar-refractivity contribution in [3.8, 4) is 11.4 Å². The highest BCUT2D eigenvalue weighted by Gasteiger charge is 2.12. The van der Waals surface area contributed by atoms with Crippen LogP contribution in [0.1, 0.15) is 5.56 Å². The van der Waals surface area contributed by atoms with Gasteiger partial charge in [-0.25, -0.2) is 4.98 Å². The number of nitrogens with zero attached hydrogens (tertiary/aromatic N) is 2. The van der Waals surface area contributed by atoms with E-state index >= 15 is 0 Å². The SMILES string of the molecule is Cc1c(N)cccc1-c1nc2cc(Br)ccc2n1C. The Morgan fingerprint density at radius 2 is 2.00 bits per heavy atom. The molecule has 96 valence electrons. The van der Waals surface area contributed by atoms with Crippen molar-refractivity contribution in [2.24, 2.45) is 7.05 Å². The summed E-state index contributed by atoms with van der Waals surface area (Å²) >= 11 is 3.48. The van der Waals surface area contributed by atoms with Crippen molar-refractivity contribution in [2.75, 3.05) is 5.73 Å². The van der Waals surface area contributed by atoms with Crippen LogP contribution in [0.25, 0.3) is 22.4 Å². The fourth-order valence-corrected chi connectivity index (χ4v) is 2.66. The number of anilines is 1. The highest BCUT2D eigenvalue weighted by Crippen LogP contribution is 2.29. The summed E-state index contributed by atoms with van der Waals surface area (Å²) < 4.78 is 3.14. The molecule has 1 aromatic heterocycles. The molecule has 0 aliphatic rings. The van der Waals surface area contributed by atoms with E-state index in [4.69, 9.17) is 10.7 Å². The van der Waals surface area contributed by atoms with Crippen LogP contribution < -0.4 is 5.73 Å². The number of halogens is 1. The van der Waals surface area contributed by atoms with Crippen LogP contribution in [0.5, 0.6) is 0 Å². The third kappa shape index (κ3) is 1.92. The van der Waals surface area contributed by atoms with Gasteiger partial charge < -0.3 is 10.3 Å². The van der Waals surface area contributed by atoms with Gasteiger partial charge >= 0.3 is 0 Å². The summed E-state index contributed by atoms with van der Waals surface area (Å²) in [5.74, 6) is 0.943. The number of aryl methyl sites for hydroxylation is 1. The lowest BCUT2D eigenvalue weighted by atomic mass is 10.1. The molecule has 0 amide bonds. The highest BCUT2D eigenvalue weighted by molar-refractivity contribution is 9.10. The minimum Gasteiger partial charge on any atom is -0.398 e. The quantitative estimate of drug-likeness (QED) is 0.692. The first kappa shape index (κ1) is 12.2. The predicted octanol–water partition coefficient (Wildman–Crippen LogP) is 3.89. The fourth-order valence-electron chi connectivity index (χ4n) is 2.31. The molecule has 3 nitrogen and oxygen atoms in total. The number of nitrogen functional groups attached to an aromatic ring is 1. The van der Waals surface area contributed by atoms with Gasteiger partial charge in [0.1, 0.15) is 5.82 Å². The molecule has 1 heterocycles. The lowest BCUT2D eigenvalue weighted by Crippen LogP contribution is -1.97. The number of nitrogens with two attached hydrogens (primary N) is 1. The number of rotatable bonds is 1. The topological polar surface area (TPSA) is 43.8 Å². The Kier molecular flexibility index (Phi) is 2.82. The minimum absolute atomic E-state index is 0.797. The van der Waals surface area contributed by atoms with Gasteiger partial charge in [-0.3, -0.25) is 0 Å². The monoisotopic (exact) mass is 315 g/mol. The molecule has 0 aliphatic carbocycles. The Bertz CT molecular complexity index is 774. The molecule has 0 saturated heterocycles. The van der Waals surface area contributed by atoms with Gasteiger partial charge in [0.05, 0.1) is 11.0 Å². The fraction of sp³-hybridized carbons (Fsp3) is 0.133. The molecule has 0 unspecified atom stereocenters. The standard InChI is InChI=1S/C15H14BrN3/c1-9-11(4-3-5-12(9)17)15-18-13-8-10(16)6-7-14(13)19(15)2/h3-8H,17H2,1-2H3. The summed E-state index contributed by atoms with van der Waals surface area (Å²) in [4.78, 5) is 4.72. The molecule has 2 aromatic carbocycles. The van der Waals surface area contributed by atoms with Gasteiger partial charge in [-0.05, 0) is 36.8 Å². The Morgan fingerprint density at radius 1 is 1.21 bits per heavy atom. The van der Waals surface area contributed by atoms with Crippen molar-refractivity contribution in [1.82, 2.24) is 9.55 Å². The number of hydrogen-bond acceptors (Lipinski definition) is 2. The second-order valence-corrected chi connectivity index (χ2v) is 5.56. The maximum absolute atomic E-state index is 5.98. The van der Waals surface area contributed by atoms with Crippen molar-refractivity contribution in [1.29, 1.82) is 0 Å². The number of fused-ring (bicyclic) bond motifs is 1. The zero-order valence-corrected chi connectivity index (χ0v) is 12.4. The average Bonchev–Trinajstić information content (AvgIpc) is 2.69. The molecule has 0 bridgehead atoms. The van der Waals surface area contributed by atoms with Crippen LogP contribution in [-0.2, 0) is 7.05 Å². The summed E-state index contributed by atoms with van der Waals surface area (Å²) in [6, 6.07) is 12.1. The molecule has 0 spiro atoms. The van der Waals surface area contributed by atoms with Crippen molar-refractivity contribution >= 4 is 32.7 Å². The molecular formula is C15H14BrN3. The van der Waals surface area contributed by atoms with E-state index in [2.05, 4.69) is 32.6 Å². The van der Waals surface area contributed by atoms with Gasteiger partial charge in [0.25, 0.3) is 0 Å². The smallest absolute Gasteiger partial charge is 0.141 e. The molecule has 0 fully saturated rings. The molecule has 3 aromatic rings.